The predicted molar refractivity (Wildman–Crippen MR) is 177 cm³/mol. The molecule has 0 aliphatic carbocycles. The summed E-state index contributed by atoms with van der Waals surface area (Å²) in [6.07, 6.45) is 3.14. The molecule has 47 heavy (non-hydrogen) atoms. The molecule has 2 aliphatic heterocycles. The van der Waals surface area contributed by atoms with Crippen molar-refractivity contribution < 1.29 is 28.5 Å². The van der Waals surface area contributed by atoms with Crippen LogP contribution in [0.3, 0.4) is 0 Å². The van der Waals surface area contributed by atoms with Crippen molar-refractivity contribution in [2.24, 2.45) is 5.92 Å². The molecule has 0 amide bonds. The summed E-state index contributed by atoms with van der Waals surface area (Å²) in [5.41, 5.74) is 4.45. The SMILES string of the molecule is CCOC(=O)C1CC(C(OCc2cccc(-c3ccc4c(c3)OCCO4)c2Cl)c2cc(Cl)ccc2OCc2cncc(C#N)c2)CN1. The van der Waals surface area contributed by atoms with Gasteiger partial charge >= 0.3 is 5.97 Å². The highest BCUT2D eigenvalue weighted by Gasteiger charge is 2.37. The minimum absolute atomic E-state index is 0.117. The van der Waals surface area contributed by atoms with Gasteiger partial charge in [0.15, 0.2) is 11.5 Å². The third kappa shape index (κ3) is 7.64. The van der Waals surface area contributed by atoms with Gasteiger partial charge in [-0.15, -0.1) is 0 Å². The molecule has 1 aromatic heterocycles. The highest BCUT2D eigenvalue weighted by molar-refractivity contribution is 6.34. The number of nitriles is 1. The maximum absolute atomic E-state index is 12.6. The standard InChI is InChI=1S/C36H33Cl2N3O6/c1-2-43-36(42)30-13-26(19-41-30)35(29-15-27(37)7-9-31(29)46-20-23-12-22(16-39)17-40-18-23)47-21-25-4-3-5-28(34(25)38)24-6-8-32-33(14-24)45-11-10-44-32/h3-9,12,14-15,17-18,26,30,35,41H,2,10-11,13,19-21H2,1H3. The molecule has 3 atom stereocenters. The van der Waals surface area contributed by atoms with E-state index in [0.29, 0.717) is 65.6 Å². The van der Waals surface area contributed by atoms with Crippen LogP contribution in [-0.4, -0.2) is 43.4 Å². The smallest absolute Gasteiger partial charge is 0.323 e. The topological polar surface area (TPSA) is 112 Å². The zero-order valence-corrected chi connectivity index (χ0v) is 27.2. The summed E-state index contributed by atoms with van der Waals surface area (Å²) >= 11 is 13.6. The number of nitrogens with one attached hydrogen (secondary N) is 1. The third-order valence-electron chi connectivity index (χ3n) is 8.11. The molecule has 3 aromatic carbocycles. The lowest BCUT2D eigenvalue weighted by Gasteiger charge is -2.27. The van der Waals surface area contributed by atoms with Crippen LogP contribution in [0.15, 0.2) is 73.1 Å². The van der Waals surface area contributed by atoms with Gasteiger partial charge in [0.2, 0.25) is 0 Å². The molecule has 3 heterocycles. The highest BCUT2D eigenvalue weighted by Crippen LogP contribution is 2.42. The molecule has 9 nitrogen and oxygen atoms in total. The minimum Gasteiger partial charge on any atom is -0.488 e. The maximum Gasteiger partial charge on any atom is 0.323 e. The van der Waals surface area contributed by atoms with Gasteiger partial charge in [-0.25, -0.2) is 0 Å². The van der Waals surface area contributed by atoms with E-state index in [0.717, 1.165) is 27.8 Å². The molecule has 3 unspecified atom stereocenters. The van der Waals surface area contributed by atoms with Crippen LogP contribution in [0.4, 0.5) is 0 Å². The van der Waals surface area contributed by atoms with E-state index in [4.69, 9.17) is 46.9 Å². The predicted octanol–water partition coefficient (Wildman–Crippen LogP) is 7.08. The van der Waals surface area contributed by atoms with Gasteiger partial charge in [-0.05, 0) is 60.9 Å². The summed E-state index contributed by atoms with van der Waals surface area (Å²) in [5, 5.41) is 13.7. The Balaban J connectivity index is 1.28. The molecule has 1 fully saturated rings. The Morgan fingerprint density at radius 2 is 1.91 bits per heavy atom. The molecule has 0 radical (unpaired) electrons. The second kappa shape index (κ2) is 15.1. The Kier molecular flexibility index (Phi) is 10.4. The van der Waals surface area contributed by atoms with Crippen LogP contribution in [-0.2, 0) is 27.5 Å². The maximum atomic E-state index is 12.6. The van der Waals surface area contributed by atoms with E-state index in [1.165, 1.54) is 6.20 Å². The number of rotatable bonds is 11. The molecule has 11 heteroatoms. The Morgan fingerprint density at radius 1 is 1.06 bits per heavy atom. The van der Waals surface area contributed by atoms with Crippen LogP contribution >= 0.6 is 23.2 Å². The van der Waals surface area contributed by atoms with Crippen molar-refractivity contribution in [1.29, 1.82) is 5.26 Å². The molecule has 6 rings (SSSR count). The van der Waals surface area contributed by atoms with Crippen molar-refractivity contribution >= 4 is 29.2 Å². The van der Waals surface area contributed by atoms with Gasteiger partial charge < -0.3 is 29.0 Å². The quantitative estimate of drug-likeness (QED) is 0.167. The van der Waals surface area contributed by atoms with Gasteiger partial charge in [-0.3, -0.25) is 9.78 Å². The number of fused-ring (bicyclic) bond motifs is 1. The molecule has 1 saturated heterocycles. The van der Waals surface area contributed by atoms with Crippen LogP contribution in [0.5, 0.6) is 17.2 Å². The zero-order valence-electron chi connectivity index (χ0n) is 25.7. The lowest BCUT2D eigenvalue weighted by Crippen LogP contribution is -2.32. The molecular weight excluding hydrogens is 641 g/mol. The van der Waals surface area contributed by atoms with Crippen LogP contribution < -0.4 is 19.5 Å². The van der Waals surface area contributed by atoms with Crippen molar-refractivity contribution in [3.63, 3.8) is 0 Å². The summed E-state index contributed by atoms with van der Waals surface area (Å²) in [4.78, 5) is 16.8. The summed E-state index contributed by atoms with van der Waals surface area (Å²) in [5.74, 6) is 1.54. The van der Waals surface area contributed by atoms with E-state index in [-0.39, 0.29) is 25.1 Å². The first kappa shape index (κ1) is 32.6. The third-order valence-corrected chi connectivity index (χ3v) is 8.79. The van der Waals surface area contributed by atoms with Crippen LogP contribution in [0.25, 0.3) is 11.1 Å². The molecule has 0 bridgehead atoms. The Morgan fingerprint density at radius 3 is 2.74 bits per heavy atom. The number of halogens is 2. The molecule has 4 aromatic rings. The van der Waals surface area contributed by atoms with Crippen molar-refractivity contribution in [1.82, 2.24) is 10.3 Å². The van der Waals surface area contributed by atoms with Gasteiger partial charge in [-0.2, -0.15) is 5.26 Å². The number of carbonyl (C=O) groups excluding carboxylic acids is 1. The van der Waals surface area contributed by atoms with E-state index >= 15 is 0 Å². The number of aromatic nitrogens is 1. The van der Waals surface area contributed by atoms with Gasteiger partial charge in [0.25, 0.3) is 0 Å². The number of esters is 1. The van der Waals surface area contributed by atoms with Crippen molar-refractivity contribution in [3.8, 4) is 34.4 Å². The molecular formula is C36H33Cl2N3O6. The first-order chi connectivity index (χ1) is 22.9. The van der Waals surface area contributed by atoms with Gasteiger partial charge in [0, 0.05) is 46.6 Å². The van der Waals surface area contributed by atoms with E-state index in [2.05, 4.69) is 16.4 Å². The highest BCUT2D eigenvalue weighted by atomic mass is 35.5. The molecule has 0 saturated carbocycles. The summed E-state index contributed by atoms with van der Waals surface area (Å²) < 4.78 is 29.8. The van der Waals surface area contributed by atoms with Gasteiger partial charge in [-0.1, -0.05) is 47.5 Å². The number of ether oxygens (including phenoxy) is 5. The van der Waals surface area contributed by atoms with E-state index in [9.17, 15) is 10.1 Å². The average molecular weight is 675 g/mol. The fraction of sp³-hybridized carbons (Fsp3) is 0.306. The molecule has 1 N–H and O–H groups in total. The summed E-state index contributed by atoms with van der Waals surface area (Å²) in [6, 6.07) is 20.4. The Hall–Kier alpha value is -4.33. The van der Waals surface area contributed by atoms with Crippen LogP contribution in [0, 0.1) is 17.2 Å². The summed E-state index contributed by atoms with van der Waals surface area (Å²) in [7, 11) is 0. The second-order valence-electron chi connectivity index (χ2n) is 11.2. The molecule has 0 spiro atoms. The van der Waals surface area contributed by atoms with E-state index in [1.807, 2.05) is 42.5 Å². The number of pyridine rings is 1. The second-order valence-corrected chi connectivity index (χ2v) is 12.1. The fourth-order valence-electron chi connectivity index (χ4n) is 5.86. The first-order valence-electron chi connectivity index (χ1n) is 15.4. The average Bonchev–Trinajstić information content (AvgIpc) is 3.59. The van der Waals surface area contributed by atoms with Crippen LogP contribution in [0.1, 0.15) is 41.7 Å². The minimum atomic E-state index is -0.520. The zero-order chi connectivity index (χ0) is 32.8. The fourth-order valence-corrected chi connectivity index (χ4v) is 6.33. The van der Waals surface area contributed by atoms with Gasteiger partial charge in [0.05, 0.1) is 29.9 Å². The Labute approximate surface area is 283 Å². The summed E-state index contributed by atoms with van der Waals surface area (Å²) in [6.45, 7) is 3.97. The first-order valence-corrected chi connectivity index (χ1v) is 16.1. The lowest BCUT2D eigenvalue weighted by molar-refractivity contribution is -0.145. The Bertz CT molecular complexity index is 1800. The van der Waals surface area contributed by atoms with Crippen LogP contribution in [0.2, 0.25) is 10.0 Å². The normalized spacial score (nSPS) is 17.5. The largest absolute Gasteiger partial charge is 0.488 e. The van der Waals surface area contributed by atoms with E-state index in [1.54, 1.807) is 31.3 Å². The number of nitrogens with zero attached hydrogens (tertiary/aromatic N) is 2. The molecule has 2 aliphatic rings. The number of hydrogen-bond donors (Lipinski definition) is 1. The number of hydrogen-bond acceptors (Lipinski definition) is 9. The lowest BCUT2D eigenvalue weighted by atomic mass is 9.92. The number of benzene rings is 3. The monoisotopic (exact) mass is 673 g/mol. The molecule has 242 valence electrons. The van der Waals surface area contributed by atoms with E-state index < -0.39 is 12.1 Å². The van der Waals surface area contributed by atoms with Crippen molar-refractivity contribution in [2.75, 3.05) is 26.4 Å². The van der Waals surface area contributed by atoms with Crippen molar-refractivity contribution in [2.45, 2.75) is 38.7 Å². The van der Waals surface area contributed by atoms with Gasteiger partial charge in [0.1, 0.15) is 37.7 Å². The van der Waals surface area contributed by atoms with Crippen molar-refractivity contribution in [3.05, 3.63) is 105 Å². The number of carbonyl (C=O) groups is 1.